The number of anilines is 2. The fourth-order valence-electron chi connectivity index (χ4n) is 2.77. The summed E-state index contributed by atoms with van der Waals surface area (Å²) in [4.78, 5) is 35.4. The van der Waals surface area contributed by atoms with Gasteiger partial charge < -0.3 is 15.1 Å². The lowest BCUT2D eigenvalue weighted by molar-refractivity contribution is -0.384. The molecule has 2 heterocycles. The van der Waals surface area contributed by atoms with Gasteiger partial charge in [0, 0.05) is 57.3 Å². The van der Waals surface area contributed by atoms with Crippen molar-refractivity contribution >= 4 is 23.2 Å². The number of benzene rings is 1. The summed E-state index contributed by atoms with van der Waals surface area (Å²) in [5.74, 6) is 0.433. The summed E-state index contributed by atoms with van der Waals surface area (Å²) in [6.07, 6.45) is 3.37. The molecule has 0 atom stereocenters. The number of hydrogen-bond acceptors (Lipinski definition) is 7. The number of hydrogen-bond donors (Lipinski definition) is 1. The first-order valence-electron chi connectivity index (χ1n) is 7.87. The Hall–Kier alpha value is -3.23. The van der Waals surface area contributed by atoms with Gasteiger partial charge in [-0.3, -0.25) is 14.9 Å². The first-order valence-corrected chi connectivity index (χ1v) is 7.87. The molecule has 1 fully saturated rings. The highest BCUT2D eigenvalue weighted by atomic mass is 16.6. The smallest absolute Gasteiger partial charge is 0.293 e. The molecule has 9 heteroatoms. The van der Waals surface area contributed by atoms with Gasteiger partial charge in [0.1, 0.15) is 5.69 Å². The molecule has 0 saturated carbocycles. The van der Waals surface area contributed by atoms with Crippen molar-refractivity contribution in [2.45, 2.75) is 0 Å². The quantitative estimate of drug-likeness (QED) is 0.661. The third-order valence-corrected chi connectivity index (χ3v) is 4.11. The molecule has 1 aromatic carbocycles. The van der Waals surface area contributed by atoms with Crippen molar-refractivity contribution in [3.63, 3.8) is 0 Å². The molecule has 1 N–H and O–H groups in total. The minimum atomic E-state index is -0.493. The molecule has 0 radical (unpaired) electrons. The largest absolute Gasteiger partial charge is 0.383 e. The Balaban J connectivity index is 1.70. The summed E-state index contributed by atoms with van der Waals surface area (Å²) in [6, 6.07) is 6.24. The van der Waals surface area contributed by atoms with Crippen LogP contribution in [0.25, 0.3) is 0 Å². The maximum absolute atomic E-state index is 12.7. The van der Waals surface area contributed by atoms with Gasteiger partial charge in [-0.1, -0.05) is 0 Å². The molecule has 1 saturated heterocycles. The summed E-state index contributed by atoms with van der Waals surface area (Å²) in [6.45, 7) is 2.26. The van der Waals surface area contributed by atoms with Gasteiger partial charge in [-0.2, -0.15) is 0 Å². The zero-order valence-corrected chi connectivity index (χ0v) is 13.8. The Bertz CT molecular complexity index is 775. The van der Waals surface area contributed by atoms with Crippen molar-refractivity contribution in [2.24, 2.45) is 0 Å². The number of nitro groups is 1. The van der Waals surface area contributed by atoms with Gasteiger partial charge in [-0.15, -0.1) is 0 Å². The zero-order chi connectivity index (χ0) is 17.8. The first-order chi connectivity index (χ1) is 12.1. The molecule has 0 aliphatic carbocycles. The summed E-state index contributed by atoms with van der Waals surface area (Å²) in [7, 11) is 1.61. The van der Waals surface area contributed by atoms with E-state index in [4.69, 9.17) is 0 Å². The average molecular weight is 342 g/mol. The van der Waals surface area contributed by atoms with Gasteiger partial charge in [0.15, 0.2) is 0 Å². The van der Waals surface area contributed by atoms with Crippen molar-refractivity contribution in [1.82, 2.24) is 14.9 Å². The van der Waals surface area contributed by atoms with Gasteiger partial charge in [0.05, 0.1) is 4.92 Å². The van der Waals surface area contributed by atoms with Gasteiger partial charge in [-0.25, -0.2) is 9.97 Å². The van der Waals surface area contributed by atoms with E-state index in [0.717, 1.165) is 0 Å². The van der Waals surface area contributed by atoms with Crippen LogP contribution in [0.1, 0.15) is 10.4 Å². The van der Waals surface area contributed by atoms with Gasteiger partial charge >= 0.3 is 0 Å². The molecule has 25 heavy (non-hydrogen) atoms. The summed E-state index contributed by atoms with van der Waals surface area (Å²) in [5.41, 5.74) is 0.590. The van der Waals surface area contributed by atoms with Crippen LogP contribution in [0.5, 0.6) is 0 Å². The van der Waals surface area contributed by atoms with Gasteiger partial charge in [0.2, 0.25) is 5.95 Å². The maximum atomic E-state index is 12.7. The molecule has 0 bridgehead atoms. The summed E-state index contributed by atoms with van der Waals surface area (Å²) >= 11 is 0. The van der Waals surface area contributed by atoms with Crippen molar-refractivity contribution < 1.29 is 9.72 Å². The van der Waals surface area contributed by atoms with Crippen LogP contribution in [-0.2, 0) is 0 Å². The normalized spacial score (nSPS) is 14.3. The Kier molecular flexibility index (Phi) is 4.73. The van der Waals surface area contributed by atoms with Crippen LogP contribution < -0.4 is 10.2 Å². The molecular formula is C16H18N6O3. The topological polar surface area (TPSA) is 104 Å². The van der Waals surface area contributed by atoms with Crippen LogP contribution in [0, 0.1) is 10.1 Å². The molecule has 0 unspecified atom stereocenters. The summed E-state index contributed by atoms with van der Waals surface area (Å²) in [5, 5.41) is 13.9. The van der Waals surface area contributed by atoms with Crippen molar-refractivity contribution in [3.8, 4) is 0 Å². The third kappa shape index (κ3) is 3.49. The predicted octanol–water partition coefficient (Wildman–Crippen LogP) is 1.39. The monoisotopic (exact) mass is 342 g/mol. The Morgan fingerprint density at radius 2 is 1.88 bits per heavy atom. The standard InChI is InChI=1S/C16H18N6O3/c1-17-13-4-3-12(11-14(13)22(24)25)15(23)20-7-9-21(10-8-20)16-18-5-2-6-19-16/h2-6,11,17H,7-10H2,1H3. The van der Waals surface area contributed by atoms with Crippen LogP contribution in [0.2, 0.25) is 0 Å². The van der Waals surface area contributed by atoms with E-state index >= 15 is 0 Å². The van der Waals surface area contributed by atoms with Crippen molar-refractivity contribution in [1.29, 1.82) is 0 Å². The SMILES string of the molecule is CNc1ccc(C(=O)N2CCN(c3ncccn3)CC2)cc1[N+](=O)[O-]. The zero-order valence-electron chi connectivity index (χ0n) is 13.8. The number of nitrogens with one attached hydrogen (secondary N) is 1. The molecule has 1 aliphatic heterocycles. The molecule has 130 valence electrons. The van der Waals surface area contributed by atoms with E-state index in [1.165, 1.54) is 6.07 Å². The second-order valence-corrected chi connectivity index (χ2v) is 5.57. The Morgan fingerprint density at radius 3 is 2.48 bits per heavy atom. The number of piperazine rings is 1. The van der Waals surface area contributed by atoms with Crippen LogP contribution in [0.3, 0.4) is 0 Å². The number of nitrogens with zero attached hydrogens (tertiary/aromatic N) is 5. The molecule has 0 spiro atoms. The Labute approximate surface area is 144 Å². The number of carbonyl (C=O) groups is 1. The van der Waals surface area contributed by atoms with E-state index in [9.17, 15) is 14.9 Å². The lowest BCUT2D eigenvalue weighted by atomic mass is 10.1. The van der Waals surface area contributed by atoms with E-state index in [1.54, 1.807) is 42.5 Å². The highest BCUT2D eigenvalue weighted by molar-refractivity contribution is 5.96. The van der Waals surface area contributed by atoms with Crippen molar-refractivity contribution in [3.05, 3.63) is 52.3 Å². The molecule has 2 aromatic rings. The minimum Gasteiger partial charge on any atom is -0.383 e. The molecule has 3 rings (SSSR count). The van der Waals surface area contributed by atoms with Crippen LogP contribution in [0.4, 0.5) is 17.3 Å². The van der Waals surface area contributed by atoms with Crippen LogP contribution >= 0.6 is 0 Å². The number of carbonyl (C=O) groups excluding carboxylic acids is 1. The second kappa shape index (κ2) is 7.12. The highest BCUT2D eigenvalue weighted by Crippen LogP contribution is 2.26. The highest BCUT2D eigenvalue weighted by Gasteiger charge is 2.25. The van der Waals surface area contributed by atoms with Gasteiger partial charge in [0.25, 0.3) is 11.6 Å². The van der Waals surface area contributed by atoms with E-state index in [2.05, 4.69) is 15.3 Å². The molecular weight excluding hydrogens is 324 g/mol. The first kappa shape index (κ1) is 16.6. The number of aromatic nitrogens is 2. The average Bonchev–Trinajstić information content (AvgIpc) is 2.67. The summed E-state index contributed by atoms with van der Waals surface area (Å²) < 4.78 is 0. The Morgan fingerprint density at radius 1 is 1.20 bits per heavy atom. The van der Waals surface area contributed by atoms with Crippen LogP contribution in [0.15, 0.2) is 36.7 Å². The van der Waals surface area contributed by atoms with E-state index < -0.39 is 4.92 Å². The number of nitro benzene ring substituents is 1. The van der Waals surface area contributed by atoms with Gasteiger partial charge in [-0.05, 0) is 18.2 Å². The predicted molar refractivity (Wildman–Crippen MR) is 92.8 cm³/mol. The molecule has 1 amide bonds. The van der Waals surface area contributed by atoms with E-state index in [0.29, 0.717) is 43.4 Å². The maximum Gasteiger partial charge on any atom is 0.293 e. The minimum absolute atomic E-state index is 0.107. The number of amides is 1. The molecule has 1 aromatic heterocycles. The van der Waals surface area contributed by atoms with Crippen molar-refractivity contribution in [2.75, 3.05) is 43.4 Å². The van der Waals surface area contributed by atoms with E-state index in [1.807, 2.05) is 4.90 Å². The van der Waals surface area contributed by atoms with Crippen LogP contribution in [-0.4, -0.2) is 58.9 Å². The fraction of sp³-hybridized carbons (Fsp3) is 0.312. The number of rotatable bonds is 4. The fourth-order valence-corrected chi connectivity index (χ4v) is 2.77. The second-order valence-electron chi connectivity index (χ2n) is 5.57. The lowest BCUT2D eigenvalue weighted by Gasteiger charge is -2.34. The lowest BCUT2D eigenvalue weighted by Crippen LogP contribution is -2.49. The third-order valence-electron chi connectivity index (χ3n) is 4.11. The molecule has 1 aliphatic rings. The van der Waals surface area contributed by atoms with E-state index in [-0.39, 0.29) is 11.6 Å². The molecule has 9 nitrogen and oxygen atoms in total.